The summed E-state index contributed by atoms with van der Waals surface area (Å²) in [5.41, 5.74) is 15.2. The minimum Gasteiger partial charge on any atom is -0.310 e. The maximum Gasteiger partial charge on any atom is 0.0714 e. The molecule has 0 spiro atoms. The van der Waals surface area contributed by atoms with E-state index >= 15 is 0 Å². The van der Waals surface area contributed by atoms with Crippen molar-refractivity contribution in [2.45, 2.75) is 5.41 Å². The molecule has 0 bridgehead atoms. The van der Waals surface area contributed by atoms with Crippen LogP contribution >= 0.6 is 0 Å². The van der Waals surface area contributed by atoms with Crippen LogP contribution in [0.3, 0.4) is 0 Å². The molecule has 0 heterocycles. The largest absolute Gasteiger partial charge is 0.310 e. The van der Waals surface area contributed by atoms with Crippen LogP contribution in [0.4, 0.5) is 17.1 Å². The van der Waals surface area contributed by atoms with Crippen molar-refractivity contribution in [2.75, 3.05) is 4.90 Å². The van der Waals surface area contributed by atoms with Gasteiger partial charge in [0.25, 0.3) is 0 Å². The van der Waals surface area contributed by atoms with Gasteiger partial charge in [-0.25, -0.2) is 0 Å². The Morgan fingerprint density at radius 1 is 0.293 bits per heavy atom. The fraction of sp³-hybridized carbons (Fsp3) is 0.0175. The van der Waals surface area contributed by atoms with E-state index in [2.05, 4.69) is 241 Å². The minimum atomic E-state index is -0.567. The van der Waals surface area contributed by atoms with Gasteiger partial charge in [-0.2, -0.15) is 0 Å². The summed E-state index contributed by atoms with van der Waals surface area (Å²) >= 11 is 0. The topological polar surface area (TPSA) is 3.24 Å². The normalized spacial score (nSPS) is 12.6. The molecule has 1 nitrogen and oxygen atoms in total. The molecule has 0 aliphatic heterocycles. The van der Waals surface area contributed by atoms with E-state index in [0.717, 1.165) is 17.1 Å². The molecule has 1 aliphatic rings. The maximum absolute atomic E-state index is 2.48. The first kappa shape index (κ1) is 33.8. The number of anilines is 3. The van der Waals surface area contributed by atoms with Gasteiger partial charge in [0.1, 0.15) is 0 Å². The van der Waals surface area contributed by atoms with Crippen LogP contribution in [0.25, 0.3) is 54.9 Å². The third kappa shape index (κ3) is 5.39. The van der Waals surface area contributed by atoms with E-state index in [9.17, 15) is 0 Å². The van der Waals surface area contributed by atoms with Crippen LogP contribution in [0.1, 0.15) is 22.3 Å². The van der Waals surface area contributed by atoms with Crippen molar-refractivity contribution >= 4 is 38.6 Å². The predicted octanol–water partition coefficient (Wildman–Crippen LogP) is 15.2. The lowest BCUT2D eigenvalue weighted by Crippen LogP contribution is -2.28. The predicted molar refractivity (Wildman–Crippen MR) is 244 cm³/mol. The standard InChI is InChI=1S/C57H39N/c1-5-17-40(18-6-1)42-29-32-47(33-30-42)58(56-38-44-21-13-14-26-49(44)50-27-15-16-28-53(50)56)48-34-36-52-51-35-31-43(41-19-7-2-8-20-41)37-54(51)57(55(52)39-48,45-22-9-3-10-23-45)46-24-11-4-12-25-46/h1-39H. The zero-order valence-electron chi connectivity index (χ0n) is 32.0. The summed E-state index contributed by atoms with van der Waals surface area (Å²) in [6, 6.07) is 87.0. The van der Waals surface area contributed by atoms with Crippen molar-refractivity contribution in [3.8, 4) is 33.4 Å². The molecular weight excluding hydrogens is 699 g/mol. The third-order valence-corrected chi connectivity index (χ3v) is 12.1. The molecule has 0 saturated carbocycles. The van der Waals surface area contributed by atoms with Gasteiger partial charge in [0.05, 0.1) is 11.1 Å². The first-order valence-corrected chi connectivity index (χ1v) is 20.1. The van der Waals surface area contributed by atoms with Crippen LogP contribution in [-0.2, 0) is 5.41 Å². The van der Waals surface area contributed by atoms with Gasteiger partial charge in [-0.3, -0.25) is 0 Å². The van der Waals surface area contributed by atoms with Crippen molar-refractivity contribution in [3.63, 3.8) is 0 Å². The van der Waals surface area contributed by atoms with Crippen molar-refractivity contribution < 1.29 is 0 Å². The zero-order chi connectivity index (χ0) is 38.5. The van der Waals surface area contributed by atoms with Gasteiger partial charge in [0.2, 0.25) is 0 Å². The van der Waals surface area contributed by atoms with E-state index in [-0.39, 0.29) is 0 Å². The van der Waals surface area contributed by atoms with E-state index in [1.807, 2.05) is 0 Å². The smallest absolute Gasteiger partial charge is 0.0714 e. The molecule has 10 aromatic rings. The molecule has 1 aliphatic carbocycles. The summed E-state index contributed by atoms with van der Waals surface area (Å²) in [6.45, 7) is 0. The lowest BCUT2D eigenvalue weighted by molar-refractivity contribution is 0.768. The summed E-state index contributed by atoms with van der Waals surface area (Å²) in [4.78, 5) is 2.48. The number of hydrogen-bond acceptors (Lipinski definition) is 1. The Kier molecular flexibility index (Phi) is 8.12. The van der Waals surface area contributed by atoms with Crippen molar-refractivity contribution in [1.29, 1.82) is 0 Å². The Balaban J connectivity index is 1.20. The highest BCUT2D eigenvalue weighted by Gasteiger charge is 2.46. The summed E-state index contributed by atoms with van der Waals surface area (Å²) in [7, 11) is 0. The Morgan fingerprint density at radius 2 is 0.741 bits per heavy atom. The van der Waals surface area contributed by atoms with Crippen molar-refractivity contribution in [1.82, 2.24) is 0 Å². The molecule has 0 unspecified atom stereocenters. The monoisotopic (exact) mass is 737 g/mol. The van der Waals surface area contributed by atoms with Crippen LogP contribution < -0.4 is 4.90 Å². The van der Waals surface area contributed by atoms with Gasteiger partial charge in [-0.05, 0) is 108 Å². The molecule has 0 radical (unpaired) electrons. The van der Waals surface area contributed by atoms with E-state index in [0.29, 0.717) is 0 Å². The average Bonchev–Trinajstić information content (AvgIpc) is 3.60. The SMILES string of the molecule is c1ccc(-c2ccc(N(c3ccc4c(c3)C(c3ccccc3)(c3ccccc3)c3cc(-c5ccccc5)ccc3-4)c3cc4ccccc4c4ccccc34)cc2)cc1. The second-order valence-corrected chi connectivity index (χ2v) is 15.2. The maximum atomic E-state index is 2.48. The van der Waals surface area contributed by atoms with Gasteiger partial charge >= 0.3 is 0 Å². The van der Waals surface area contributed by atoms with Gasteiger partial charge in [0, 0.05) is 16.8 Å². The molecule has 11 rings (SSSR count). The van der Waals surface area contributed by atoms with Crippen LogP contribution in [0.15, 0.2) is 237 Å². The summed E-state index contributed by atoms with van der Waals surface area (Å²) in [5.74, 6) is 0. The number of hydrogen-bond donors (Lipinski definition) is 0. The van der Waals surface area contributed by atoms with E-state index in [4.69, 9.17) is 0 Å². The molecule has 58 heavy (non-hydrogen) atoms. The fourth-order valence-electron chi connectivity index (χ4n) is 9.51. The molecule has 0 amide bonds. The second-order valence-electron chi connectivity index (χ2n) is 15.2. The quantitative estimate of drug-likeness (QED) is 0.147. The van der Waals surface area contributed by atoms with E-state index in [1.54, 1.807) is 0 Å². The van der Waals surface area contributed by atoms with E-state index < -0.39 is 5.41 Å². The second kappa shape index (κ2) is 13.9. The third-order valence-electron chi connectivity index (χ3n) is 12.1. The number of rotatable bonds is 7. The fourth-order valence-corrected chi connectivity index (χ4v) is 9.51. The minimum absolute atomic E-state index is 0.567. The molecule has 0 aromatic heterocycles. The Hall–Kier alpha value is -7.48. The number of fused-ring (bicyclic) bond motifs is 6. The van der Waals surface area contributed by atoms with Gasteiger partial charge in [-0.15, -0.1) is 0 Å². The molecule has 1 heteroatoms. The van der Waals surface area contributed by atoms with Crippen LogP contribution in [-0.4, -0.2) is 0 Å². The molecular formula is C57H39N. The Bertz CT molecular complexity index is 3040. The molecule has 0 atom stereocenters. The van der Waals surface area contributed by atoms with Crippen molar-refractivity contribution in [2.24, 2.45) is 0 Å². The number of benzene rings is 10. The highest BCUT2D eigenvalue weighted by molar-refractivity contribution is 6.14. The molecule has 272 valence electrons. The van der Waals surface area contributed by atoms with Crippen LogP contribution in [0.2, 0.25) is 0 Å². The van der Waals surface area contributed by atoms with Crippen LogP contribution in [0, 0.1) is 0 Å². The Labute approximate surface area is 339 Å². The molecule has 0 saturated heterocycles. The van der Waals surface area contributed by atoms with Gasteiger partial charge < -0.3 is 4.90 Å². The van der Waals surface area contributed by atoms with E-state index in [1.165, 1.54) is 77.2 Å². The first-order valence-electron chi connectivity index (χ1n) is 20.1. The summed E-state index contributed by atoms with van der Waals surface area (Å²) in [6.07, 6.45) is 0. The lowest BCUT2D eigenvalue weighted by Gasteiger charge is -2.35. The Morgan fingerprint density at radius 3 is 1.38 bits per heavy atom. The number of nitrogens with zero attached hydrogens (tertiary/aromatic N) is 1. The highest BCUT2D eigenvalue weighted by Crippen LogP contribution is 2.58. The van der Waals surface area contributed by atoms with Crippen LogP contribution in [0.5, 0.6) is 0 Å². The highest BCUT2D eigenvalue weighted by atomic mass is 15.1. The van der Waals surface area contributed by atoms with Gasteiger partial charge in [-0.1, -0.05) is 200 Å². The molecule has 0 fully saturated rings. The lowest BCUT2D eigenvalue weighted by atomic mass is 9.67. The summed E-state index contributed by atoms with van der Waals surface area (Å²) in [5, 5.41) is 4.92. The average molecular weight is 738 g/mol. The molecule has 10 aromatic carbocycles. The zero-order valence-corrected chi connectivity index (χ0v) is 32.0. The molecule has 0 N–H and O–H groups in total. The van der Waals surface area contributed by atoms with Gasteiger partial charge in [0.15, 0.2) is 0 Å². The summed E-state index contributed by atoms with van der Waals surface area (Å²) < 4.78 is 0. The van der Waals surface area contributed by atoms with Crippen molar-refractivity contribution in [3.05, 3.63) is 259 Å². The first-order chi connectivity index (χ1) is 28.8.